The van der Waals surface area contributed by atoms with Gasteiger partial charge in [-0.05, 0) is 44.7 Å². The highest BCUT2D eigenvalue weighted by Crippen LogP contribution is 2.43. The van der Waals surface area contributed by atoms with Crippen molar-refractivity contribution in [3.8, 4) is 0 Å². The summed E-state index contributed by atoms with van der Waals surface area (Å²) < 4.78 is 0. The minimum Gasteiger partial charge on any atom is -0.329 e. The smallest absolute Gasteiger partial charge is 0.0333 e. The molecule has 0 saturated heterocycles. The van der Waals surface area contributed by atoms with E-state index in [1.807, 2.05) is 0 Å². The summed E-state index contributed by atoms with van der Waals surface area (Å²) in [5.41, 5.74) is 6.84. The lowest BCUT2D eigenvalue weighted by Gasteiger charge is -2.49. The van der Waals surface area contributed by atoms with Gasteiger partial charge in [-0.25, -0.2) is 0 Å². The normalized spacial score (nSPS) is 29.6. The molecule has 1 atom stereocenters. The lowest BCUT2D eigenvalue weighted by molar-refractivity contribution is 0.0267. The largest absolute Gasteiger partial charge is 0.329 e. The van der Waals surface area contributed by atoms with Crippen LogP contribution in [0.1, 0.15) is 59.3 Å². The van der Waals surface area contributed by atoms with Crippen LogP contribution in [0.25, 0.3) is 0 Å². The lowest BCUT2D eigenvalue weighted by atomic mass is 9.67. The average Bonchev–Trinajstić information content (AvgIpc) is 2.24. The third kappa shape index (κ3) is 3.21. The van der Waals surface area contributed by atoms with Crippen molar-refractivity contribution in [1.29, 1.82) is 0 Å². The summed E-state index contributed by atoms with van der Waals surface area (Å²) in [5.74, 6) is 0. The Morgan fingerprint density at radius 2 is 1.94 bits per heavy atom. The summed E-state index contributed by atoms with van der Waals surface area (Å²) in [6, 6.07) is 0. The molecule has 0 radical (unpaired) electrons. The molecule has 1 fully saturated rings. The van der Waals surface area contributed by atoms with E-state index in [0.29, 0.717) is 5.41 Å². The third-order valence-electron chi connectivity index (χ3n) is 4.34. The lowest BCUT2D eigenvalue weighted by Crippen LogP contribution is -2.56. The van der Waals surface area contributed by atoms with Crippen molar-refractivity contribution in [1.82, 2.24) is 4.90 Å². The fourth-order valence-corrected chi connectivity index (χ4v) is 3.25. The minimum absolute atomic E-state index is 0.275. The maximum Gasteiger partial charge on any atom is 0.0333 e. The number of likely N-dealkylation sites (N-methyl/N-ethyl adjacent to an activating group) is 1. The van der Waals surface area contributed by atoms with Crippen LogP contribution in [0.15, 0.2) is 0 Å². The Hall–Kier alpha value is -0.0800. The summed E-state index contributed by atoms with van der Waals surface area (Å²) >= 11 is 0. The van der Waals surface area contributed by atoms with Crippen LogP contribution in [0, 0.1) is 5.41 Å². The Balaban J connectivity index is 2.68. The van der Waals surface area contributed by atoms with Crippen LogP contribution in [-0.4, -0.2) is 30.6 Å². The number of hydrogen-bond acceptors (Lipinski definition) is 2. The Bertz CT molecular complexity index is 213. The molecule has 1 unspecified atom stereocenters. The molecule has 0 amide bonds. The van der Waals surface area contributed by atoms with E-state index in [1.54, 1.807) is 0 Å². The predicted molar refractivity (Wildman–Crippen MR) is 71.6 cm³/mol. The second-order valence-electron chi connectivity index (χ2n) is 6.40. The van der Waals surface area contributed by atoms with E-state index in [-0.39, 0.29) is 5.54 Å². The van der Waals surface area contributed by atoms with Gasteiger partial charge in [-0.1, -0.05) is 33.6 Å². The first-order valence-corrected chi connectivity index (χ1v) is 6.87. The number of unbranched alkanes of at least 4 members (excludes halogenated alkanes) is 1. The highest BCUT2D eigenvalue weighted by atomic mass is 15.2. The fourth-order valence-electron chi connectivity index (χ4n) is 3.25. The van der Waals surface area contributed by atoms with Gasteiger partial charge in [-0.15, -0.1) is 0 Å². The van der Waals surface area contributed by atoms with Gasteiger partial charge in [-0.2, -0.15) is 0 Å². The third-order valence-corrected chi connectivity index (χ3v) is 4.34. The van der Waals surface area contributed by atoms with Gasteiger partial charge in [0.2, 0.25) is 0 Å². The Morgan fingerprint density at radius 1 is 1.25 bits per heavy atom. The van der Waals surface area contributed by atoms with Gasteiger partial charge in [0.05, 0.1) is 0 Å². The number of rotatable bonds is 5. The summed E-state index contributed by atoms with van der Waals surface area (Å²) in [7, 11) is 2.27. The van der Waals surface area contributed by atoms with E-state index in [9.17, 15) is 0 Å². The Labute approximate surface area is 102 Å². The zero-order valence-electron chi connectivity index (χ0n) is 11.7. The van der Waals surface area contributed by atoms with Gasteiger partial charge in [-0.3, -0.25) is 4.90 Å². The summed E-state index contributed by atoms with van der Waals surface area (Å²) in [6.07, 6.45) is 7.80. The van der Waals surface area contributed by atoms with Gasteiger partial charge in [0.15, 0.2) is 0 Å². The SMILES string of the molecule is CCCCN(C)C1(CN)CCCC(C)(C)C1. The van der Waals surface area contributed by atoms with Crippen molar-refractivity contribution in [2.75, 3.05) is 20.1 Å². The second-order valence-corrected chi connectivity index (χ2v) is 6.40. The topological polar surface area (TPSA) is 29.3 Å². The van der Waals surface area contributed by atoms with Crippen molar-refractivity contribution in [2.24, 2.45) is 11.1 Å². The molecule has 0 aromatic rings. The Kier molecular flexibility index (Phi) is 4.81. The first-order valence-electron chi connectivity index (χ1n) is 6.87. The molecule has 0 aromatic carbocycles. The second kappa shape index (κ2) is 5.50. The zero-order chi connectivity index (χ0) is 12.2. The van der Waals surface area contributed by atoms with Crippen LogP contribution in [0.4, 0.5) is 0 Å². The Morgan fingerprint density at radius 3 is 2.44 bits per heavy atom. The van der Waals surface area contributed by atoms with Crippen molar-refractivity contribution >= 4 is 0 Å². The van der Waals surface area contributed by atoms with Crippen LogP contribution in [-0.2, 0) is 0 Å². The van der Waals surface area contributed by atoms with E-state index < -0.39 is 0 Å². The van der Waals surface area contributed by atoms with E-state index in [2.05, 4.69) is 32.7 Å². The van der Waals surface area contributed by atoms with E-state index in [0.717, 1.165) is 6.54 Å². The standard InChI is InChI=1S/C14H30N2/c1-5-6-10-16(4)14(12-15)9-7-8-13(2,3)11-14/h5-12,15H2,1-4H3. The first-order chi connectivity index (χ1) is 7.46. The van der Waals surface area contributed by atoms with Crippen LogP contribution in [0.5, 0.6) is 0 Å². The molecule has 0 heterocycles. The molecule has 1 aliphatic carbocycles. The van der Waals surface area contributed by atoms with Gasteiger partial charge < -0.3 is 5.73 Å². The highest BCUT2D eigenvalue weighted by Gasteiger charge is 2.41. The molecule has 16 heavy (non-hydrogen) atoms. The van der Waals surface area contributed by atoms with E-state index in [4.69, 9.17) is 5.73 Å². The molecular formula is C14H30N2. The monoisotopic (exact) mass is 226 g/mol. The first kappa shape index (κ1) is 14.0. The van der Waals surface area contributed by atoms with Gasteiger partial charge in [0.1, 0.15) is 0 Å². The molecule has 0 spiro atoms. The zero-order valence-corrected chi connectivity index (χ0v) is 11.7. The van der Waals surface area contributed by atoms with Gasteiger partial charge in [0.25, 0.3) is 0 Å². The van der Waals surface area contributed by atoms with Gasteiger partial charge in [0, 0.05) is 12.1 Å². The number of nitrogens with zero attached hydrogens (tertiary/aromatic N) is 1. The molecule has 1 aliphatic rings. The number of hydrogen-bond donors (Lipinski definition) is 1. The molecule has 0 bridgehead atoms. The summed E-state index contributed by atoms with van der Waals surface area (Å²) in [5, 5.41) is 0. The molecular weight excluding hydrogens is 196 g/mol. The maximum atomic E-state index is 6.09. The molecule has 0 aromatic heterocycles. The predicted octanol–water partition coefficient (Wildman–Crippen LogP) is 3.02. The quantitative estimate of drug-likeness (QED) is 0.781. The maximum absolute atomic E-state index is 6.09. The van der Waals surface area contributed by atoms with Crippen molar-refractivity contribution < 1.29 is 0 Å². The average molecular weight is 226 g/mol. The number of nitrogens with two attached hydrogens (primary N) is 1. The van der Waals surface area contributed by atoms with Gasteiger partial charge >= 0.3 is 0 Å². The van der Waals surface area contributed by atoms with E-state index in [1.165, 1.54) is 45.1 Å². The van der Waals surface area contributed by atoms with Crippen LogP contribution in [0.3, 0.4) is 0 Å². The van der Waals surface area contributed by atoms with Crippen molar-refractivity contribution in [3.05, 3.63) is 0 Å². The van der Waals surface area contributed by atoms with Crippen LogP contribution in [0.2, 0.25) is 0 Å². The highest BCUT2D eigenvalue weighted by molar-refractivity contribution is 4.98. The molecule has 0 aliphatic heterocycles. The minimum atomic E-state index is 0.275. The molecule has 1 saturated carbocycles. The van der Waals surface area contributed by atoms with Crippen LogP contribution < -0.4 is 5.73 Å². The summed E-state index contributed by atoms with van der Waals surface area (Å²) in [6.45, 7) is 9.06. The summed E-state index contributed by atoms with van der Waals surface area (Å²) in [4.78, 5) is 2.54. The molecule has 2 heteroatoms. The molecule has 96 valence electrons. The van der Waals surface area contributed by atoms with E-state index >= 15 is 0 Å². The van der Waals surface area contributed by atoms with Crippen LogP contribution >= 0.6 is 0 Å². The fraction of sp³-hybridized carbons (Fsp3) is 1.00. The molecule has 2 N–H and O–H groups in total. The molecule has 2 nitrogen and oxygen atoms in total. The molecule has 1 rings (SSSR count). The van der Waals surface area contributed by atoms with Crippen molar-refractivity contribution in [2.45, 2.75) is 64.8 Å². The van der Waals surface area contributed by atoms with Crippen molar-refractivity contribution in [3.63, 3.8) is 0 Å².